The van der Waals surface area contributed by atoms with Crippen LogP contribution in [0, 0.1) is 11.7 Å². The van der Waals surface area contributed by atoms with Crippen LogP contribution in [0.2, 0.25) is 0 Å². The van der Waals surface area contributed by atoms with Gasteiger partial charge in [-0.05, 0) is 37.8 Å². The van der Waals surface area contributed by atoms with Gasteiger partial charge in [-0.25, -0.2) is 4.39 Å². The molecular formula is C13H16FNO3. The molecule has 3 N–H and O–H groups in total. The van der Waals surface area contributed by atoms with E-state index in [0.717, 1.165) is 0 Å². The molecule has 0 unspecified atom stereocenters. The van der Waals surface area contributed by atoms with E-state index >= 15 is 0 Å². The maximum absolute atomic E-state index is 13.2. The Bertz CT molecular complexity index is 442. The molecule has 0 heterocycles. The fourth-order valence-corrected chi connectivity index (χ4v) is 2.20. The number of ether oxygens (including phenoxy) is 1. The van der Waals surface area contributed by atoms with Gasteiger partial charge in [0.05, 0.1) is 17.7 Å². The van der Waals surface area contributed by atoms with Gasteiger partial charge >= 0.3 is 5.97 Å². The van der Waals surface area contributed by atoms with Crippen LogP contribution < -0.4 is 10.5 Å². The Morgan fingerprint density at radius 1 is 1.33 bits per heavy atom. The summed E-state index contributed by atoms with van der Waals surface area (Å²) in [5.41, 5.74) is 5.47. The lowest BCUT2D eigenvalue weighted by molar-refractivity contribution is -0.143. The summed E-state index contributed by atoms with van der Waals surface area (Å²) in [4.78, 5) is 10.8. The molecule has 18 heavy (non-hydrogen) atoms. The first-order valence-corrected chi connectivity index (χ1v) is 6.00. The predicted molar refractivity (Wildman–Crippen MR) is 64.8 cm³/mol. The minimum Gasteiger partial charge on any atom is -0.490 e. The SMILES string of the molecule is Nc1ccc(OC2CCC(C(=O)O)CC2)cc1F. The predicted octanol–water partition coefficient (Wildman–Crippen LogP) is 2.43. The van der Waals surface area contributed by atoms with Crippen molar-refractivity contribution in [1.29, 1.82) is 0 Å². The number of carbonyl (C=O) groups is 1. The largest absolute Gasteiger partial charge is 0.490 e. The Hall–Kier alpha value is -1.78. The molecule has 0 aromatic heterocycles. The molecule has 2 rings (SSSR count). The first kappa shape index (κ1) is 12.7. The number of carboxylic acid groups (broad SMARTS) is 1. The molecule has 0 atom stereocenters. The first-order chi connectivity index (χ1) is 8.56. The third-order valence-corrected chi connectivity index (χ3v) is 3.30. The Kier molecular flexibility index (Phi) is 3.69. The molecule has 5 heteroatoms. The summed E-state index contributed by atoms with van der Waals surface area (Å²) in [6, 6.07) is 4.36. The van der Waals surface area contributed by atoms with Crippen LogP contribution in [0.3, 0.4) is 0 Å². The maximum Gasteiger partial charge on any atom is 0.306 e. The maximum atomic E-state index is 13.2. The molecule has 1 aliphatic rings. The molecule has 98 valence electrons. The van der Waals surface area contributed by atoms with Crippen LogP contribution >= 0.6 is 0 Å². The molecule has 0 spiro atoms. The lowest BCUT2D eigenvalue weighted by Crippen LogP contribution is -2.27. The molecule has 0 bridgehead atoms. The second-order valence-corrected chi connectivity index (χ2v) is 4.61. The molecule has 1 aromatic carbocycles. The normalized spacial score (nSPS) is 23.6. The molecule has 1 aliphatic carbocycles. The van der Waals surface area contributed by atoms with Crippen molar-refractivity contribution < 1.29 is 19.0 Å². The lowest BCUT2D eigenvalue weighted by atomic mass is 9.87. The zero-order valence-electron chi connectivity index (χ0n) is 9.93. The molecule has 0 amide bonds. The van der Waals surface area contributed by atoms with Gasteiger partial charge in [0.1, 0.15) is 11.6 Å². The third-order valence-electron chi connectivity index (χ3n) is 3.30. The summed E-state index contributed by atoms with van der Waals surface area (Å²) in [6.07, 6.45) is 2.55. The van der Waals surface area contributed by atoms with E-state index in [0.29, 0.717) is 31.4 Å². The fraction of sp³-hybridized carbons (Fsp3) is 0.462. The van der Waals surface area contributed by atoms with E-state index in [1.807, 2.05) is 0 Å². The van der Waals surface area contributed by atoms with E-state index in [1.54, 1.807) is 6.07 Å². The van der Waals surface area contributed by atoms with Crippen molar-refractivity contribution in [2.45, 2.75) is 31.8 Å². The van der Waals surface area contributed by atoms with Crippen LogP contribution in [-0.2, 0) is 4.79 Å². The van der Waals surface area contributed by atoms with Crippen molar-refractivity contribution in [3.8, 4) is 5.75 Å². The lowest BCUT2D eigenvalue weighted by Gasteiger charge is -2.26. The zero-order valence-corrected chi connectivity index (χ0v) is 9.93. The van der Waals surface area contributed by atoms with Gasteiger partial charge in [0.15, 0.2) is 0 Å². The van der Waals surface area contributed by atoms with Crippen LogP contribution in [-0.4, -0.2) is 17.2 Å². The number of nitrogens with two attached hydrogens (primary N) is 1. The number of anilines is 1. The van der Waals surface area contributed by atoms with Gasteiger partial charge in [0, 0.05) is 6.07 Å². The third kappa shape index (κ3) is 2.91. The van der Waals surface area contributed by atoms with Crippen LogP contribution in [0.15, 0.2) is 18.2 Å². The molecule has 4 nitrogen and oxygen atoms in total. The highest BCUT2D eigenvalue weighted by atomic mass is 19.1. The number of hydrogen-bond donors (Lipinski definition) is 2. The van der Waals surface area contributed by atoms with Crippen molar-refractivity contribution in [2.24, 2.45) is 5.92 Å². The highest BCUT2D eigenvalue weighted by Gasteiger charge is 2.26. The summed E-state index contributed by atoms with van der Waals surface area (Å²) >= 11 is 0. The second kappa shape index (κ2) is 5.25. The van der Waals surface area contributed by atoms with E-state index in [4.69, 9.17) is 15.6 Å². The smallest absolute Gasteiger partial charge is 0.306 e. The van der Waals surface area contributed by atoms with Crippen LogP contribution in [0.5, 0.6) is 5.75 Å². The van der Waals surface area contributed by atoms with Gasteiger partial charge in [0.2, 0.25) is 0 Å². The van der Waals surface area contributed by atoms with Gasteiger partial charge in [-0.3, -0.25) is 4.79 Å². The van der Waals surface area contributed by atoms with E-state index in [2.05, 4.69) is 0 Å². The molecule has 1 saturated carbocycles. The summed E-state index contributed by atoms with van der Waals surface area (Å²) in [5, 5.41) is 8.88. The molecule has 0 radical (unpaired) electrons. The average Bonchev–Trinajstić information content (AvgIpc) is 2.34. The number of rotatable bonds is 3. The van der Waals surface area contributed by atoms with Crippen molar-refractivity contribution in [3.63, 3.8) is 0 Å². The highest BCUT2D eigenvalue weighted by Crippen LogP contribution is 2.28. The van der Waals surface area contributed by atoms with Crippen molar-refractivity contribution in [2.75, 3.05) is 5.73 Å². The van der Waals surface area contributed by atoms with E-state index in [1.165, 1.54) is 12.1 Å². The van der Waals surface area contributed by atoms with Gasteiger partial charge in [-0.1, -0.05) is 0 Å². The second-order valence-electron chi connectivity index (χ2n) is 4.61. The first-order valence-electron chi connectivity index (χ1n) is 6.00. The summed E-state index contributed by atoms with van der Waals surface area (Å²) in [7, 11) is 0. The molecule has 1 aromatic rings. The molecule has 0 saturated heterocycles. The topological polar surface area (TPSA) is 72.5 Å². The van der Waals surface area contributed by atoms with Crippen LogP contribution in [0.4, 0.5) is 10.1 Å². The Balaban J connectivity index is 1.91. The van der Waals surface area contributed by atoms with Gasteiger partial charge in [-0.2, -0.15) is 0 Å². The average molecular weight is 253 g/mol. The Labute approximate surface area is 105 Å². The van der Waals surface area contributed by atoms with E-state index < -0.39 is 11.8 Å². The van der Waals surface area contributed by atoms with Crippen molar-refractivity contribution in [1.82, 2.24) is 0 Å². The monoisotopic (exact) mass is 253 g/mol. The number of hydrogen-bond acceptors (Lipinski definition) is 3. The number of carboxylic acids is 1. The summed E-state index contributed by atoms with van der Waals surface area (Å²) in [5.74, 6) is -1.06. The molecule has 1 fully saturated rings. The summed E-state index contributed by atoms with van der Waals surface area (Å²) < 4.78 is 18.8. The van der Waals surface area contributed by atoms with Crippen molar-refractivity contribution in [3.05, 3.63) is 24.0 Å². The van der Waals surface area contributed by atoms with Crippen molar-refractivity contribution >= 4 is 11.7 Å². The highest BCUT2D eigenvalue weighted by molar-refractivity contribution is 5.70. The number of halogens is 1. The zero-order chi connectivity index (χ0) is 13.1. The van der Waals surface area contributed by atoms with Gasteiger partial charge in [0.25, 0.3) is 0 Å². The molecule has 0 aliphatic heterocycles. The standard InChI is InChI=1S/C13H16FNO3/c14-11-7-10(5-6-12(11)15)18-9-3-1-8(2-4-9)13(16)17/h5-9H,1-4,15H2,(H,16,17). The van der Waals surface area contributed by atoms with Crippen LogP contribution in [0.1, 0.15) is 25.7 Å². The Morgan fingerprint density at radius 3 is 2.56 bits per heavy atom. The van der Waals surface area contributed by atoms with E-state index in [9.17, 15) is 9.18 Å². The fourth-order valence-electron chi connectivity index (χ4n) is 2.20. The van der Waals surface area contributed by atoms with E-state index in [-0.39, 0.29) is 17.7 Å². The molecular weight excluding hydrogens is 237 g/mol. The van der Waals surface area contributed by atoms with Gasteiger partial charge in [-0.15, -0.1) is 0 Å². The minimum atomic E-state index is -0.744. The minimum absolute atomic E-state index is 0.0383. The number of nitrogen functional groups attached to an aromatic ring is 1. The summed E-state index contributed by atoms with van der Waals surface area (Å²) in [6.45, 7) is 0. The quantitative estimate of drug-likeness (QED) is 0.811. The van der Waals surface area contributed by atoms with Gasteiger partial charge < -0.3 is 15.6 Å². The number of aliphatic carboxylic acids is 1. The number of benzene rings is 1. The van der Waals surface area contributed by atoms with Crippen LogP contribution in [0.25, 0.3) is 0 Å². The Morgan fingerprint density at radius 2 is 2.00 bits per heavy atom.